The van der Waals surface area contributed by atoms with Gasteiger partial charge < -0.3 is 9.80 Å². The Morgan fingerprint density at radius 3 is 2.19 bits per heavy atom. The van der Waals surface area contributed by atoms with E-state index in [1.54, 1.807) is 0 Å². The number of likely N-dealkylation sites (tertiary alicyclic amines) is 2. The summed E-state index contributed by atoms with van der Waals surface area (Å²) < 4.78 is 0. The van der Waals surface area contributed by atoms with E-state index in [4.69, 9.17) is 0 Å². The zero-order valence-corrected chi connectivity index (χ0v) is 15.4. The maximum atomic E-state index is 13.4. The molecule has 2 aromatic rings. The summed E-state index contributed by atoms with van der Waals surface area (Å²) >= 11 is 0. The zero-order chi connectivity index (χ0) is 17.8. The molecule has 0 N–H and O–H groups in total. The number of carbonyl (C=O) groups is 1. The minimum Gasteiger partial charge on any atom is -0.334 e. The van der Waals surface area contributed by atoms with Crippen molar-refractivity contribution in [2.45, 2.75) is 37.6 Å². The van der Waals surface area contributed by atoms with E-state index in [0.717, 1.165) is 44.6 Å². The van der Waals surface area contributed by atoms with Crippen molar-refractivity contribution < 1.29 is 4.79 Å². The molecule has 2 saturated heterocycles. The maximum absolute atomic E-state index is 13.4. The van der Waals surface area contributed by atoms with Gasteiger partial charge in [0, 0.05) is 13.1 Å². The van der Waals surface area contributed by atoms with Gasteiger partial charge in [0.05, 0.1) is 12.0 Å². The summed E-state index contributed by atoms with van der Waals surface area (Å²) in [5.74, 6) is 0.310. The van der Waals surface area contributed by atoms with Crippen molar-refractivity contribution in [3.05, 3.63) is 71.8 Å². The second-order valence-electron chi connectivity index (χ2n) is 7.57. The zero-order valence-electron chi connectivity index (χ0n) is 15.4. The molecule has 2 fully saturated rings. The Hall–Kier alpha value is -2.13. The summed E-state index contributed by atoms with van der Waals surface area (Å²) in [5, 5.41) is 0. The van der Waals surface area contributed by atoms with E-state index >= 15 is 0 Å². The predicted molar refractivity (Wildman–Crippen MR) is 105 cm³/mol. The fraction of sp³-hybridized carbons (Fsp3) is 0.435. The number of nitrogens with zero attached hydrogens (tertiary/aromatic N) is 2. The molecule has 1 amide bonds. The molecule has 26 heavy (non-hydrogen) atoms. The van der Waals surface area contributed by atoms with Gasteiger partial charge in [0.1, 0.15) is 0 Å². The third-order valence-corrected chi connectivity index (χ3v) is 5.87. The third kappa shape index (κ3) is 3.68. The van der Waals surface area contributed by atoms with Gasteiger partial charge in [0.2, 0.25) is 5.91 Å². The number of rotatable bonds is 5. The quantitative estimate of drug-likeness (QED) is 0.807. The second kappa shape index (κ2) is 8.05. The van der Waals surface area contributed by atoms with E-state index in [-0.39, 0.29) is 12.0 Å². The lowest BCUT2D eigenvalue weighted by molar-refractivity contribution is -0.138. The molecule has 0 radical (unpaired) electrons. The molecule has 0 saturated carbocycles. The number of amides is 1. The summed E-state index contributed by atoms with van der Waals surface area (Å²) in [5.41, 5.74) is 2.43. The molecule has 2 aliphatic rings. The van der Waals surface area contributed by atoms with E-state index in [1.807, 2.05) is 18.2 Å². The van der Waals surface area contributed by atoms with E-state index in [9.17, 15) is 4.79 Å². The van der Waals surface area contributed by atoms with Crippen molar-refractivity contribution in [2.75, 3.05) is 26.2 Å². The van der Waals surface area contributed by atoms with Gasteiger partial charge in [-0.25, -0.2) is 0 Å². The first-order chi connectivity index (χ1) is 12.8. The monoisotopic (exact) mass is 348 g/mol. The Labute approximate surface area is 156 Å². The van der Waals surface area contributed by atoms with Gasteiger partial charge in [-0.2, -0.15) is 0 Å². The standard InChI is InChI=1S/C23H28N2O/c26-23-21(19-10-3-1-4-11-19)14-9-17-25(23)22(18-24-15-7-8-16-24)20-12-5-2-6-13-20/h1-6,10-13,21-22H,7-9,14-18H2. The largest absolute Gasteiger partial charge is 0.334 e. The minimum absolute atomic E-state index is 0.00902. The number of benzene rings is 2. The van der Waals surface area contributed by atoms with E-state index in [2.05, 4.69) is 52.3 Å². The first kappa shape index (κ1) is 17.3. The molecule has 2 aliphatic heterocycles. The van der Waals surface area contributed by atoms with E-state index < -0.39 is 0 Å². The molecule has 2 aromatic carbocycles. The first-order valence-corrected chi connectivity index (χ1v) is 9.95. The highest BCUT2D eigenvalue weighted by atomic mass is 16.2. The normalized spacial score (nSPS) is 22.5. The third-order valence-electron chi connectivity index (χ3n) is 5.87. The van der Waals surface area contributed by atoms with Gasteiger partial charge >= 0.3 is 0 Å². The van der Waals surface area contributed by atoms with Gasteiger partial charge in [-0.1, -0.05) is 60.7 Å². The Balaban J connectivity index is 1.60. The highest BCUT2D eigenvalue weighted by molar-refractivity contribution is 5.85. The molecule has 2 atom stereocenters. The lowest BCUT2D eigenvalue weighted by Crippen LogP contribution is -2.46. The number of carbonyl (C=O) groups excluding carboxylic acids is 1. The van der Waals surface area contributed by atoms with E-state index in [0.29, 0.717) is 5.91 Å². The lowest BCUT2D eigenvalue weighted by Gasteiger charge is -2.40. The number of piperidine rings is 1. The van der Waals surface area contributed by atoms with Gasteiger partial charge in [-0.15, -0.1) is 0 Å². The van der Waals surface area contributed by atoms with Crippen LogP contribution in [0.1, 0.15) is 48.8 Å². The second-order valence-corrected chi connectivity index (χ2v) is 7.57. The van der Waals surface area contributed by atoms with E-state index in [1.165, 1.54) is 18.4 Å². The summed E-state index contributed by atoms with van der Waals surface area (Å²) in [6, 6.07) is 21.1. The number of hydrogen-bond acceptors (Lipinski definition) is 2. The van der Waals surface area contributed by atoms with Crippen LogP contribution in [0.3, 0.4) is 0 Å². The molecule has 136 valence electrons. The Kier molecular flexibility index (Phi) is 5.35. The predicted octanol–water partition coefficient (Wildman–Crippen LogP) is 4.23. The Morgan fingerprint density at radius 1 is 0.846 bits per heavy atom. The summed E-state index contributed by atoms with van der Waals surface area (Å²) in [6.45, 7) is 4.15. The fourth-order valence-corrected chi connectivity index (χ4v) is 4.47. The molecular weight excluding hydrogens is 320 g/mol. The van der Waals surface area contributed by atoms with Crippen LogP contribution in [0, 0.1) is 0 Å². The lowest BCUT2D eigenvalue weighted by atomic mass is 9.88. The van der Waals surface area contributed by atoms with Crippen molar-refractivity contribution in [2.24, 2.45) is 0 Å². The van der Waals surface area contributed by atoms with Gasteiger partial charge in [-0.3, -0.25) is 4.79 Å². The van der Waals surface area contributed by atoms with Crippen molar-refractivity contribution in [1.82, 2.24) is 9.80 Å². The van der Waals surface area contributed by atoms with Gasteiger partial charge in [0.15, 0.2) is 0 Å². The Bertz CT molecular complexity index is 710. The van der Waals surface area contributed by atoms with Crippen molar-refractivity contribution in [3.8, 4) is 0 Å². The summed E-state index contributed by atoms with van der Waals surface area (Å²) in [6.07, 6.45) is 4.60. The van der Waals surface area contributed by atoms with Crippen LogP contribution in [0.25, 0.3) is 0 Å². The number of hydrogen-bond donors (Lipinski definition) is 0. The van der Waals surface area contributed by atoms with Crippen LogP contribution in [0.4, 0.5) is 0 Å². The first-order valence-electron chi connectivity index (χ1n) is 9.95. The van der Waals surface area contributed by atoms with Crippen LogP contribution in [0.15, 0.2) is 60.7 Å². The Morgan fingerprint density at radius 2 is 1.50 bits per heavy atom. The molecule has 2 unspecified atom stereocenters. The molecule has 4 rings (SSSR count). The minimum atomic E-state index is 0.00902. The average molecular weight is 348 g/mol. The highest BCUT2D eigenvalue weighted by Gasteiger charge is 2.35. The molecule has 2 heterocycles. The highest BCUT2D eigenvalue weighted by Crippen LogP contribution is 2.34. The van der Waals surface area contributed by atoms with Crippen LogP contribution in [-0.2, 0) is 4.79 Å². The SMILES string of the molecule is O=C1C(c2ccccc2)CCCN1C(CN1CCCC1)c1ccccc1. The molecule has 3 nitrogen and oxygen atoms in total. The molecular formula is C23H28N2O. The van der Waals surface area contributed by atoms with Crippen LogP contribution in [-0.4, -0.2) is 41.9 Å². The molecule has 0 aromatic heterocycles. The average Bonchev–Trinajstić information content (AvgIpc) is 3.21. The molecule has 0 spiro atoms. The van der Waals surface area contributed by atoms with Gasteiger partial charge in [0.25, 0.3) is 0 Å². The summed E-state index contributed by atoms with van der Waals surface area (Å²) in [7, 11) is 0. The van der Waals surface area contributed by atoms with Crippen LogP contribution < -0.4 is 0 Å². The molecule has 3 heteroatoms. The van der Waals surface area contributed by atoms with Crippen molar-refractivity contribution in [3.63, 3.8) is 0 Å². The van der Waals surface area contributed by atoms with Crippen molar-refractivity contribution >= 4 is 5.91 Å². The molecule has 0 bridgehead atoms. The van der Waals surface area contributed by atoms with Crippen LogP contribution >= 0.6 is 0 Å². The van der Waals surface area contributed by atoms with Crippen LogP contribution in [0.5, 0.6) is 0 Å². The van der Waals surface area contributed by atoms with Gasteiger partial charge in [-0.05, 0) is 49.9 Å². The maximum Gasteiger partial charge on any atom is 0.230 e. The van der Waals surface area contributed by atoms with Crippen molar-refractivity contribution in [1.29, 1.82) is 0 Å². The smallest absolute Gasteiger partial charge is 0.230 e. The summed E-state index contributed by atoms with van der Waals surface area (Å²) in [4.78, 5) is 18.1. The van der Waals surface area contributed by atoms with Crippen LogP contribution in [0.2, 0.25) is 0 Å². The topological polar surface area (TPSA) is 23.6 Å². The molecule has 0 aliphatic carbocycles. The fourth-order valence-electron chi connectivity index (χ4n) is 4.47.